The minimum absolute atomic E-state index is 0.191. The highest BCUT2D eigenvalue weighted by molar-refractivity contribution is 7.18. The Morgan fingerprint density at radius 1 is 1.50 bits per heavy atom. The van der Waals surface area contributed by atoms with E-state index < -0.39 is 0 Å². The average molecular weight is 205 g/mol. The Balaban J connectivity index is 2.45. The second-order valence-corrected chi connectivity index (χ2v) is 4.65. The lowest BCUT2D eigenvalue weighted by Gasteiger charge is -1.96. The van der Waals surface area contributed by atoms with Gasteiger partial charge >= 0.3 is 0 Å². The molecule has 72 valence electrons. The number of carbonyl (C=O) groups excluding carboxylic acids is 1. The van der Waals surface area contributed by atoms with Crippen molar-refractivity contribution in [1.29, 1.82) is 0 Å². The zero-order valence-electron chi connectivity index (χ0n) is 8.20. The Morgan fingerprint density at radius 3 is 3.00 bits per heavy atom. The summed E-state index contributed by atoms with van der Waals surface area (Å²) in [6, 6.07) is 6.04. The monoisotopic (exact) mass is 205 g/mol. The normalized spacial score (nSPS) is 10.7. The van der Waals surface area contributed by atoms with Crippen LogP contribution in [0.3, 0.4) is 0 Å². The fourth-order valence-electron chi connectivity index (χ4n) is 1.49. The Kier molecular flexibility index (Phi) is 2.33. The first-order valence-electron chi connectivity index (χ1n) is 4.50. The molecule has 0 aliphatic heterocycles. The summed E-state index contributed by atoms with van der Waals surface area (Å²) in [6.07, 6.45) is 0.506. The molecule has 14 heavy (non-hydrogen) atoms. The van der Waals surface area contributed by atoms with Gasteiger partial charge in [-0.25, -0.2) is 4.98 Å². The van der Waals surface area contributed by atoms with Gasteiger partial charge in [-0.3, -0.25) is 4.79 Å². The van der Waals surface area contributed by atoms with E-state index in [1.54, 1.807) is 18.3 Å². The van der Waals surface area contributed by atoms with Gasteiger partial charge in [-0.05, 0) is 31.5 Å². The minimum Gasteiger partial charge on any atom is -0.300 e. The maximum Gasteiger partial charge on any atom is 0.134 e. The van der Waals surface area contributed by atoms with Gasteiger partial charge in [-0.15, -0.1) is 11.3 Å². The first-order valence-corrected chi connectivity index (χ1v) is 5.32. The van der Waals surface area contributed by atoms with Crippen molar-refractivity contribution in [3.63, 3.8) is 0 Å². The zero-order valence-corrected chi connectivity index (χ0v) is 9.02. The van der Waals surface area contributed by atoms with Crippen LogP contribution >= 0.6 is 11.3 Å². The SMILES string of the molecule is CC(=O)Cc1ccc2sc(C)nc2c1. The van der Waals surface area contributed by atoms with Crippen LogP contribution < -0.4 is 0 Å². The number of thiazole rings is 1. The Bertz CT molecular complexity index is 487. The third-order valence-corrected chi connectivity index (χ3v) is 2.96. The molecule has 0 aliphatic carbocycles. The van der Waals surface area contributed by atoms with Crippen LogP contribution in [0, 0.1) is 6.92 Å². The predicted molar refractivity (Wildman–Crippen MR) is 58.7 cm³/mol. The van der Waals surface area contributed by atoms with Gasteiger partial charge < -0.3 is 0 Å². The lowest BCUT2D eigenvalue weighted by atomic mass is 10.1. The Hall–Kier alpha value is -1.22. The van der Waals surface area contributed by atoms with E-state index in [0.29, 0.717) is 6.42 Å². The number of Topliss-reactive ketones (excluding diaryl/α,β-unsaturated/α-hetero) is 1. The molecule has 0 saturated carbocycles. The maximum absolute atomic E-state index is 10.9. The van der Waals surface area contributed by atoms with Crippen molar-refractivity contribution < 1.29 is 4.79 Å². The molecule has 2 rings (SSSR count). The largest absolute Gasteiger partial charge is 0.300 e. The highest BCUT2D eigenvalue weighted by Gasteiger charge is 2.02. The summed E-state index contributed by atoms with van der Waals surface area (Å²) in [5, 5.41) is 1.07. The van der Waals surface area contributed by atoms with Gasteiger partial charge in [0.1, 0.15) is 5.78 Å². The van der Waals surface area contributed by atoms with Crippen molar-refractivity contribution in [2.75, 3.05) is 0 Å². The molecule has 0 amide bonds. The number of rotatable bonds is 2. The highest BCUT2D eigenvalue weighted by Crippen LogP contribution is 2.22. The number of carbonyl (C=O) groups is 1. The smallest absolute Gasteiger partial charge is 0.134 e. The van der Waals surface area contributed by atoms with Crippen LogP contribution in [0.15, 0.2) is 18.2 Å². The average Bonchev–Trinajstić information content (AvgIpc) is 2.42. The molecule has 1 aromatic carbocycles. The second-order valence-electron chi connectivity index (χ2n) is 3.41. The van der Waals surface area contributed by atoms with Gasteiger partial charge in [0.2, 0.25) is 0 Å². The molecule has 0 radical (unpaired) electrons. The summed E-state index contributed by atoms with van der Waals surface area (Å²) in [4.78, 5) is 15.3. The van der Waals surface area contributed by atoms with Crippen LogP contribution in [0.5, 0.6) is 0 Å². The molecule has 0 saturated heterocycles. The Morgan fingerprint density at radius 2 is 2.29 bits per heavy atom. The van der Waals surface area contributed by atoms with Crippen LogP contribution in [0.25, 0.3) is 10.2 Å². The molecule has 0 unspecified atom stereocenters. The summed E-state index contributed by atoms with van der Waals surface area (Å²) in [7, 11) is 0. The first-order chi connectivity index (χ1) is 6.65. The van der Waals surface area contributed by atoms with Crippen molar-refractivity contribution in [3.8, 4) is 0 Å². The van der Waals surface area contributed by atoms with Crippen LogP contribution in [0.2, 0.25) is 0 Å². The molecule has 0 N–H and O–H groups in total. The Labute approximate surface area is 86.6 Å². The van der Waals surface area contributed by atoms with E-state index in [0.717, 1.165) is 16.1 Å². The summed E-state index contributed by atoms with van der Waals surface area (Å²) in [5.41, 5.74) is 2.06. The molecule has 0 aliphatic rings. The van der Waals surface area contributed by atoms with E-state index >= 15 is 0 Å². The number of fused-ring (bicyclic) bond motifs is 1. The third kappa shape index (κ3) is 1.82. The molecular formula is C11H11NOS. The van der Waals surface area contributed by atoms with Crippen LogP contribution in [0.4, 0.5) is 0 Å². The third-order valence-electron chi connectivity index (χ3n) is 2.01. The van der Waals surface area contributed by atoms with E-state index in [1.807, 2.05) is 25.1 Å². The quantitative estimate of drug-likeness (QED) is 0.754. The van der Waals surface area contributed by atoms with Gasteiger partial charge in [0.15, 0.2) is 0 Å². The molecule has 2 aromatic rings. The first kappa shape index (κ1) is 9.34. The van der Waals surface area contributed by atoms with Gasteiger partial charge in [0.05, 0.1) is 15.2 Å². The number of benzene rings is 1. The summed E-state index contributed by atoms with van der Waals surface area (Å²) >= 11 is 1.68. The lowest BCUT2D eigenvalue weighted by Crippen LogP contribution is -1.95. The van der Waals surface area contributed by atoms with E-state index in [9.17, 15) is 4.79 Å². The molecule has 1 heterocycles. The highest BCUT2D eigenvalue weighted by atomic mass is 32.1. The number of nitrogens with zero attached hydrogens (tertiary/aromatic N) is 1. The van der Waals surface area contributed by atoms with Crippen molar-refractivity contribution in [2.24, 2.45) is 0 Å². The predicted octanol–water partition coefficient (Wildman–Crippen LogP) is 2.74. The molecule has 0 atom stereocenters. The van der Waals surface area contributed by atoms with Gasteiger partial charge in [0, 0.05) is 6.42 Å². The minimum atomic E-state index is 0.191. The zero-order chi connectivity index (χ0) is 10.1. The van der Waals surface area contributed by atoms with Gasteiger partial charge in [-0.2, -0.15) is 0 Å². The van der Waals surface area contributed by atoms with Crippen molar-refractivity contribution in [1.82, 2.24) is 4.98 Å². The lowest BCUT2D eigenvalue weighted by molar-refractivity contribution is -0.116. The number of aryl methyl sites for hydroxylation is 1. The van der Waals surface area contributed by atoms with Crippen LogP contribution in [-0.2, 0) is 11.2 Å². The van der Waals surface area contributed by atoms with Gasteiger partial charge in [0.25, 0.3) is 0 Å². The van der Waals surface area contributed by atoms with E-state index in [4.69, 9.17) is 0 Å². The van der Waals surface area contributed by atoms with Crippen molar-refractivity contribution in [3.05, 3.63) is 28.8 Å². The molecule has 2 nitrogen and oxygen atoms in total. The number of hydrogen-bond acceptors (Lipinski definition) is 3. The molecule has 1 aromatic heterocycles. The molecule has 0 fully saturated rings. The van der Waals surface area contributed by atoms with Crippen molar-refractivity contribution in [2.45, 2.75) is 20.3 Å². The number of aromatic nitrogens is 1. The fraction of sp³-hybridized carbons (Fsp3) is 0.273. The number of ketones is 1. The van der Waals surface area contributed by atoms with Gasteiger partial charge in [-0.1, -0.05) is 6.07 Å². The summed E-state index contributed by atoms with van der Waals surface area (Å²) in [6.45, 7) is 3.60. The van der Waals surface area contributed by atoms with E-state index in [2.05, 4.69) is 4.98 Å². The maximum atomic E-state index is 10.9. The summed E-state index contributed by atoms with van der Waals surface area (Å²) in [5.74, 6) is 0.191. The topological polar surface area (TPSA) is 30.0 Å². The standard InChI is InChI=1S/C11H11NOS/c1-7(13)5-9-3-4-11-10(6-9)12-8(2)14-11/h3-4,6H,5H2,1-2H3. The molecule has 0 spiro atoms. The van der Waals surface area contributed by atoms with E-state index in [-0.39, 0.29) is 5.78 Å². The summed E-state index contributed by atoms with van der Waals surface area (Å²) < 4.78 is 1.19. The van der Waals surface area contributed by atoms with Crippen molar-refractivity contribution >= 4 is 27.3 Å². The fourth-order valence-corrected chi connectivity index (χ4v) is 2.29. The van der Waals surface area contributed by atoms with Crippen LogP contribution in [-0.4, -0.2) is 10.8 Å². The molecule has 3 heteroatoms. The molecular weight excluding hydrogens is 194 g/mol. The molecule has 0 bridgehead atoms. The van der Waals surface area contributed by atoms with Crippen LogP contribution in [0.1, 0.15) is 17.5 Å². The number of hydrogen-bond donors (Lipinski definition) is 0. The van der Waals surface area contributed by atoms with E-state index in [1.165, 1.54) is 4.70 Å². The second kappa shape index (κ2) is 3.50.